The van der Waals surface area contributed by atoms with E-state index in [1.807, 2.05) is 54.6 Å². The Bertz CT molecular complexity index is 1130. The fourth-order valence-electron chi connectivity index (χ4n) is 3.12. The van der Waals surface area contributed by atoms with Crippen LogP contribution in [0.3, 0.4) is 0 Å². The summed E-state index contributed by atoms with van der Waals surface area (Å²) in [5.41, 5.74) is 7.44. The molecule has 0 saturated heterocycles. The Morgan fingerprint density at radius 2 is 1.82 bits per heavy atom. The fourth-order valence-corrected chi connectivity index (χ4v) is 3.12. The molecule has 9 heteroatoms. The number of quaternary nitrogens is 1. The second kappa shape index (κ2) is 12.2. The molecule has 0 radical (unpaired) electrons. The van der Waals surface area contributed by atoms with E-state index in [4.69, 9.17) is 15.9 Å². The zero-order valence-electron chi connectivity index (χ0n) is 19.4. The number of nitrogens with zero attached hydrogens (tertiary/aromatic N) is 3. The van der Waals surface area contributed by atoms with E-state index in [1.165, 1.54) is 12.4 Å². The number of aromatic nitrogens is 2. The van der Waals surface area contributed by atoms with Crippen molar-refractivity contribution in [2.45, 2.75) is 0 Å². The van der Waals surface area contributed by atoms with E-state index >= 15 is 0 Å². The van der Waals surface area contributed by atoms with Gasteiger partial charge in [-0.05, 0) is 50.5 Å². The second-order valence-electron chi connectivity index (χ2n) is 7.78. The van der Waals surface area contributed by atoms with Crippen LogP contribution in [0.15, 0.2) is 73.1 Å². The lowest BCUT2D eigenvalue weighted by Gasteiger charge is -2.11. The van der Waals surface area contributed by atoms with Gasteiger partial charge in [-0.3, -0.25) is 15.5 Å². The topological polar surface area (TPSA) is 134 Å². The first-order valence-corrected chi connectivity index (χ1v) is 10.9. The summed E-state index contributed by atoms with van der Waals surface area (Å²) in [6.45, 7) is 1.67. The van der Waals surface area contributed by atoms with Crippen LogP contribution in [0.2, 0.25) is 0 Å². The molecule has 2 aromatic carbocycles. The van der Waals surface area contributed by atoms with Gasteiger partial charge in [-0.1, -0.05) is 24.3 Å². The highest BCUT2D eigenvalue weighted by molar-refractivity contribution is 6.15. The van der Waals surface area contributed by atoms with E-state index in [9.17, 15) is 4.79 Å². The Morgan fingerprint density at radius 3 is 2.53 bits per heavy atom. The number of rotatable bonds is 11. The standard InChI is InChI=1S/C25H29N7O2/c1-32(2)16-6-9-21(33)28-14-15-29-25-22(24(27)30-17-31-25)23(26)18-10-12-20(13-11-18)34-19-7-4-3-5-8-19/h3-13,17,26H,14-16H2,1-2H3,(H,28,33)(H3,27,29,30,31)/p+1/b9-6+,26-23?. The molecule has 0 fully saturated rings. The van der Waals surface area contributed by atoms with Crippen LogP contribution in [-0.2, 0) is 4.79 Å². The van der Waals surface area contributed by atoms with Gasteiger partial charge in [0.15, 0.2) is 0 Å². The summed E-state index contributed by atoms with van der Waals surface area (Å²) in [7, 11) is 3.87. The molecule has 3 aromatic rings. The van der Waals surface area contributed by atoms with E-state index in [0.29, 0.717) is 42.3 Å². The highest BCUT2D eigenvalue weighted by Gasteiger charge is 2.19. The lowest BCUT2D eigenvalue weighted by Crippen LogP contribution is -2.80. The summed E-state index contributed by atoms with van der Waals surface area (Å²) in [6, 6.07) is 16.7. The number of ether oxygens (including phenoxy) is 1. The van der Waals surface area contributed by atoms with E-state index in [1.54, 1.807) is 30.3 Å². The van der Waals surface area contributed by atoms with Gasteiger partial charge in [-0.15, -0.1) is 0 Å². The van der Waals surface area contributed by atoms with Crippen molar-refractivity contribution in [1.82, 2.24) is 20.2 Å². The maximum atomic E-state index is 11.9. The molecule has 0 saturated carbocycles. The number of carbonyl (C=O) groups is 1. The van der Waals surface area contributed by atoms with Crippen molar-refractivity contribution in [3.05, 3.63) is 84.2 Å². The lowest BCUT2D eigenvalue weighted by atomic mass is 10.0. The molecule has 3 rings (SSSR count). The molecule has 1 amide bonds. The molecule has 0 aliphatic rings. The molecule has 9 nitrogen and oxygen atoms in total. The van der Waals surface area contributed by atoms with Crippen LogP contribution in [0.25, 0.3) is 0 Å². The van der Waals surface area contributed by atoms with Crippen LogP contribution in [0.1, 0.15) is 11.1 Å². The third kappa shape index (κ3) is 7.22. The number of nitrogens with two attached hydrogens (primary N) is 2. The van der Waals surface area contributed by atoms with Crippen molar-refractivity contribution < 1.29 is 14.8 Å². The zero-order valence-corrected chi connectivity index (χ0v) is 19.4. The molecule has 34 heavy (non-hydrogen) atoms. The molecule has 0 unspecified atom stereocenters. The quantitative estimate of drug-likeness (QED) is 0.195. The summed E-state index contributed by atoms with van der Waals surface area (Å²) in [6.07, 6.45) is 4.70. The fraction of sp³-hybridized carbons (Fsp3) is 0.200. The van der Waals surface area contributed by atoms with Crippen LogP contribution >= 0.6 is 0 Å². The molecule has 0 aliphatic carbocycles. The van der Waals surface area contributed by atoms with E-state index < -0.39 is 0 Å². The van der Waals surface area contributed by atoms with Gasteiger partial charge in [0.25, 0.3) is 0 Å². The number of benzene rings is 2. The van der Waals surface area contributed by atoms with Gasteiger partial charge in [0, 0.05) is 18.2 Å². The van der Waals surface area contributed by atoms with Crippen LogP contribution in [0.4, 0.5) is 11.6 Å². The number of nitrogens with one attached hydrogen (secondary N) is 2. The number of hydrogen-bond donors (Lipinski definition) is 4. The smallest absolute Gasteiger partial charge is 0.243 e. The SMILES string of the molecule is CN(C)C/C=C/C(=O)NCC[NH2+]c1ncnc(N)c1C(=N)c1ccc(Oc2ccccc2)cc1. The first-order valence-electron chi connectivity index (χ1n) is 10.9. The Labute approximate surface area is 199 Å². The highest BCUT2D eigenvalue weighted by Crippen LogP contribution is 2.23. The maximum absolute atomic E-state index is 11.9. The second-order valence-corrected chi connectivity index (χ2v) is 7.78. The predicted octanol–water partition coefficient (Wildman–Crippen LogP) is 1.70. The van der Waals surface area contributed by atoms with Crippen LogP contribution in [0, 0.1) is 5.41 Å². The molecule has 1 heterocycles. The Balaban J connectivity index is 1.61. The van der Waals surface area contributed by atoms with Crippen LogP contribution in [-0.4, -0.2) is 60.2 Å². The summed E-state index contributed by atoms with van der Waals surface area (Å²) in [5, 5.41) is 13.4. The van der Waals surface area contributed by atoms with Gasteiger partial charge in [-0.2, -0.15) is 4.98 Å². The van der Waals surface area contributed by atoms with Gasteiger partial charge in [0.1, 0.15) is 29.2 Å². The molecule has 0 atom stereocenters. The van der Waals surface area contributed by atoms with E-state index in [0.717, 1.165) is 5.75 Å². The number of para-hydroxylation sites is 1. The molecule has 1 aromatic heterocycles. The summed E-state index contributed by atoms with van der Waals surface area (Å²) >= 11 is 0. The number of carbonyl (C=O) groups excluding carboxylic acids is 1. The minimum atomic E-state index is -0.150. The van der Waals surface area contributed by atoms with Crippen molar-refractivity contribution in [1.29, 1.82) is 5.41 Å². The first kappa shape index (κ1) is 24.6. The van der Waals surface area contributed by atoms with Crippen LogP contribution in [0.5, 0.6) is 11.5 Å². The van der Waals surface area contributed by atoms with E-state index in [2.05, 4.69) is 15.3 Å². The third-order valence-corrected chi connectivity index (χ3v) is 4.80. The molecule has 0 bridgehead atoms. The average molecular weight is 461 g/mol. The predicted molar refractivity (Wildman–Crippen MR) is 132 cm³/mol. The number of anilines is 1. The normalized spacial score (nSPS) is 11.0. The molecule has 0 aliphatic heterocycles. The van der Waals surface area contributed by atoms with Crippen molar-refractivity contribution in [3.8, 4) is 11.5 Å². The van der Waals surface area contributed by atoms with Gasteiger partial charge < -0.3 is 20.7 Å². The van der Waals surface area contributed by atoms with E-state index in [-0.39, 0.29) is 17.4 Å². The van der Waals surface area contributed by atoms with Crippen LogP contribution < -0.4 is 21.1 Å². The molecule has 6 N–H and O–H groups in total. The largest absolute Gasteiger partial charge is 0.457 e. The number of hydrogen-bond acceptors (Lipinski definition) is 7. The number of likely N-dealkylation sites (N-methyl/N-ethyl adjacent to an activating group) is 1. The number of amides is 1. The maximum Gasteiger partial charge on any atom is 0.243 e. The third-order valence-electron chi connectivity index (χ3n) is 4.80. The van der Waals surface area contributed by atoms with Gasteiger partial charge in [0.05, 0.1) is 18.8 Å². The van der Waals surface area contributed by atoms with Crippen molar-refractivity contribution >= 4 is 23.3 Å². The lowest BCUT2D eigenvalue weighted by molar-refractivity contribution is -0.573. The van der Waals surface area contributed by atoms with Gasteiger partial charge in [-0.25, -0.2) is 4.98 Å². The minimum Gasteiger partial charge on any atom is -0.457 e. The molecular formula is C25H30N7O2+. The molecule has 176 valence electrons. The van der Waals surface area contributed by atoms with Crippen molar-refractivity contribution in [2.75, 3.05) is 39.5 Å². The summed E-state index contributed by atoms with van der Waals surface area (Å²) in [5.74, 6) is 2.04. The van der Waals surface area contributed by atoms with Crippen molar-refractivity contribution in [3.63, 3.8) is 0 Å². The number of nitrogen functional groups attached to an aromatic ring is 1. The summed E-state index contributed by atoms with van der Waals surface area (Å²) < 4.78 is 5.82. The highest BCUT2D eigenvalue weighted by atomic mass is 16.5. The Morgan fingerprint density at radius 1 is 1.12 bits per heavy atom. The average Bonchev–Trinajstić information content (AvgIpc) is 2.82. The summed E-state index contributed by atoms with van der Waals surface area (Å²) in [4.78, 5) is 22.2. The Hall–Kier alpha value is -4.08. The molecule has 0 spiro atoms. The first-order chi connectivity index (χ1) is 16.4. The Kier molecular flexibility index (Phi) is 8.84. The molecular weight excluding hydrogens is 430 g/mol. The minimum absolute atomic E-state index is 0.150. The zero-order chi connectivity index (χ0) is 24.3. The van der Waals surface area contributed by atoms with Gasteiger partial charge in [0.2, 0.25) is 11.7 Å². The monoisotopic (exact) mass is 460 g/mol. The van der Waals surface area contributed by atoms with Crippen molar-refractivity contribution in [2.24, 2.45) is 0 Å². The van der Waals surface area contributed by atoms with Gasteiger partial charge >= 0.3 is 0 Å².